The van der Waals surface area contributed by atoms with Crippen molar-refractivity contribution in [1.82, 2.24) is 19.9 Å². The van der Waals surface area contributed by atoms with Gasteiger partial charge in [0.05, 0.1) is 21.3 Å². The number of nitrogens with one attached hydrogen (secondary N) is 1. The van der Waals surface area contributed by atoms with E-state index in [4.69, 9.17) is 21.6 Å². The van der Waals surface area contributed by atoms with Crippen molar-refractivity contribution in [3.63, 3.8) is 0 Å². The number of halogens is 1. The van der Waals surface area contributed by atoms with Crippen molar-refractivity contribution in [2.45, 2.75) is 37.6 Å². The lowest BCUT2D eigenvalue weighted by Gasteiger charge is -2.27. The summed E-state index contributed by atoms with van der Waals surface area (Å²) < 4.78 is 0. The van der Waals surface area contributed by atoms with Crippen molar-refractivity contribution in [3.8, 4) is 21.8 Å². The molecule has 1 N–H and O–H groups in total. The highest BCUT2D eigenvalue weighted by Gasteiger charge is 2.26. The van der Waals surface area contributed by atoms with Crippen LogP contribution in [0.1, 0.15) is 36.6 Å². The van der Waals surface area contributed by atoms with Gasteiger partial charge in [-0.1, -0.05) is 23.7 Å². The summed E-state index contributed by atoms with van der Waals surface area (Å²) in [6, 6.07) is 10.5. The summed E-state index contributed by atoms with van der Waals surface area (Å²) in [6.45, 7) is 2.24. The number of anilines is 1. The topological polar surface area (TPSA) is 53.9 Å². The maximum atomic E-state index is 6.29. The molecule has 0 atom stereocenters. The lowest BCUT2D eigenvalue weighted by atomic mass is 9.98. The minimum Gasteiger partial charge on any atom is -0.351 e. The fourth-order valence-electron chi connectivity index (χ4n) is 3.74. The van der Waals surface area contributed by atoms with Gasteiger partial charge in [-0.15, -0.1) is 11.3 Å². The molecule has 0 radical (unpaired) electrons. The SMILES string of the molecule is CN1CCC(c2nc(-c3cccc(Cl)c3)c(-c3ccnc(NC4CC4)n3)s2)CC1. The van der Waals surface area contributed by atoms with E-state index in [1.807, 2.05) is 30.5 Å². The van der Waals surface area contributed by atoms with Crippen LogP contribution in [0.3, 0.4) is 0 Å². The molecule has 150 valence electrons. The largest absolute Gasteiger partial charge is 0.351 e. The van der Waals surface area contributed by atoms with Crippen LogP contribution in [0.15, 0.2) is 36.5 Å². The Morgan fingerprint density at radius 1 is 1.10 bits per heavy atom. The molecule has 1 saturated carbocycles. The van der Waals surface area contributed by atoms with E-state index in [1.54, 1.807) is 11.3 Å². The third-order valence-electron chi connectivity index (χ3n) is 5.61. The van der Waals surface area contributed by atoms with Crippen LogP contribution in [0, 0.1) is 0 Å². The molecular weight excluding hydrogens is 402 g/mol. The van der Waals surface area contributed by atoms with Crippen LogP contribution in [0.4, 0.5) is 5.95 Å². The number of thiazole rings is 1. The smallest absolute Gasteiger partial charge is 0.223 e. The molecule has 29 heavy (non-hydrogen) atoms. The first-order chi connectivity index (χ1) is 14.2. The summed E-state index contributed by atoms with van der Waals surface area (Å²) in [5.41, 5.74) is 2.94. The predicted octanol–water partition coefficient (Wildman–Crippen LogP) is 5.30. The highest BCUT2D eigenvalue weighted by Crippen LogP contribution is 2.41. The van der Waals surface area contributed by atoms with Crippen molar-refractivity contribution < 1.29 is 0 Å². The monoisotopic (exact) mass is 425 g/mol. The van der Waals surface area contributed by atoms with Crippen LogP contribution < -0.4 is 5.32 Å². The fourth-order valence-corrected chi connectivity index (χ4v) is 5.15. The number of piperidine rings is 1. The lowest BCUT2D eigenvalue weighted by molar-refractivity contribution is 0.255. The highest BCUT2D eigenvalue weighted by atomic mass is 35.5. The molecule has 3 heterocycles. The maximum Gasteiger partial charge on any atom is 0.223 e. The molecule has 0 spiro atoms. The zero-order chi connectivity index (χ0) is 19.8. The molecule has 7 heteroatoms. The number of hydrogen-bond acceptors (Lipinski definition) is 6. The molecular formula is C22H24ClN5S. The Morgan fingerprint density at radius 2 is 1.93 bits per heavy atom. The molecule has 1 aliphatic carbocycles. The standard InChI is InChI=1S/C22H24ClN5S/c1-28-11-8-14(9-12-28)21-27-19(15-3-2-4-16(23)13-15)20(29-21)18-7-10-24-22(26-18)25-17-5-6-17/h2-4,7,10,13-14,17H,5-6,8-9,11-12H2,1H3,(H,24,25,26). The molecule has 2 fully saturated rings. The van der Waals surface area contributed by atoms with Gasteiger partial charge in [0.2, 0.25) is 5.95 Å². The number of aromatic nitrogens is 3. The van der Waals surface area contributed by atoms with Crippen molar-refractivity contribution >= 4 is 28.9 Å². The Balaban J connectivity index is 1.55. The molecule has 0 amide bonds. The first-order valence-electron chi connectivity index (χ1n) is 10.2. The van der Waals surface area contributed by atoms with E-state index in [9.17, 15) is 0 Å². The normalized spacial score (nSPS) is 18.1. The Bertz CT molecular complexity index is 1010. The molecule has 1 aliphatic heterocycles. The Kier molecular flexibility index (Phi) is 5.24. The molecule has 2 aliphatic rings. The van der Waals surface area contributed by atoms with Gasteiger partial charge in [0.15, 0.2) is 0 Å². The molecule has 0 bridgehead atoms. The van der Waals surface area contributed by atoms with Crippen LogP contribution in [-0.4, -0.2) is 46.0 Å². The molecule has 5 nitrogen and oxygen atoms in total. The van der Waals surface area contributed by atoms with Crippen LogP contribution in [-0.2, 0) is 0 Å². The quantitative estimate of drug-likeness (QED) is 0.600. The Labute approximate surface area is 180 Å². The zero-order valence-electron chi connectivity index (χ0n) is 16.4. The van der Waals surface area contributed by atoms with E-state index in [0.717, 1.165) is 52.8 Å². The van der Waals surface area contributed by atoms with Gasteiger partial charge >= 0.3 is 0 Å². The minimum absolute atomic E-state index is 0.508. The van der Waals surface area contributed by atoms with Crippen molar-refractivity contribution in [2.75, 3.05) is 25.5 Å². The Morgan fingerprint density at radius 3 is 2.69 bits per heavy atom. The van der Waals surface area contributed by atoms with Gasteiger partial charge in [-0.05, 0) is 64.0 Å². The number of likely N-dealkylation sites (tertiary alicyclic amines) is 1. The van der Waals surface area contributed by atoms with Crippen molar-refractivity contribution in [1.29, 1.82) is 0 Å². The second kappa shape index (κ2) is 8.01. The van der Waals surface area contributed by atoms with Crippen molar-refractivity contribution in [3.05, 3.63) is 46.6 Å². The second-order valence-corrected chi connectivity index (χ2v) is 9.47. The molecule has 3 aromatic rings. The fraction of sp³-hybridized carbons (Fsp3) is 0.409. The average molecular weight is 426 g/mol. The lowest BCUT2D eigenvalue weighted by Crippen LogP contribution is -2.29. The van der Waals surface area contributed by atoms with Crippen LogP contribution in [0.25, 0.3) is 21.8 Å². The third kappa shape index (κ3) is 4.29. The summed E-state index contributed by atoms with van der Waals surface area (Å²) in [5, 5.41) is 5.33. The van der Waals surface area contributed by atoms with Gasteiger partial charge < -0.3 is 10.2 Å². The van der Waals surface area contributed by atoms with Gasteiger partial charge in [-0.2, -0.15) is 0 Å². The number of rotatable bonds is 5. The van der Waals surface area contributed by atoms with Gasteiger partial charge in [-0.3, -0.25) is 0 Å². The zero-order valence-corrected chi connectivity index (χ0v) is 18.0. The van der Waals surface area contributed by atoms with E-state index < -0.39 is 0 Å². The summed E-state index contributed by atoms with van der Waals surface area (Å²) in [7, 11) is 2.19. The predicted molar refractivity (Wildman–Crippen MR) is 120 cm³/mol. The second-order valence-electron chi connectivity index (χ2n) is 8.00. The Hall–Kier alpha value is -2.02. The molecule has 5 rings (SSSR count). The maximum absolute atomic E-state index is 6.29. The van der Waals surface area contributed by atoms with Crippen LogP contribution in [0.2, 0.25) is 5.02 Å². The summed E-state index contributed by atoms with van der Waals surface area (Å²) in [6.07, 6.45) is 6.53. The van der Waals surface area contributed by atoms with E-state index in [2.05, 4.69) is 28.3 Å². The first-order valence-corrected chi connectivity index (χ1v) is 11.4. The average Bonchev–Trinajstić information content (AvgIpc) is 3.43. The van der Waals surface area contributed by atoms with Gasteiger partial charge in [-0.25, -0.2) is 15.0 Å². The van der Waals surface area contributed by atoms with E-state index >= 15 is 0 Å². The number of benzene rings is 1. The van der Waals surface area contributed by atoms with Crippen molar-refractivity contribution in [2.24, 2.45) is 0 Å². The molecule has 1 aromatic carbocycles. The summed E-state index contributed by atoms with van der Waals surface area (Å²) in [4.78, 5) is 17.8. The molecule has 0 unspecified atom stereocenters. The van der Waals surface area contributed by atoms with E-state index in [0.29, 0.717) is 17.9 Å². The molecule has 2 aromatic heterocycles. The highest BCUT2D eigenvalue weighted by molar-refractivity contribution is 7.15. The summed E-state index contributed by atoms with van der Waals surface area (Å²) in [5.74, 6) is 1.21. The van der Waals surface area contributed by atoms with Gasteiger partial charge in [0.1, 0.15) is 0 Å². The van der Waals surface area contributed by atoms with Crippen LogP contribution >= 0.6 is 22.9 Å². The van der Waals surface area contributed by atoms with E-state index in [-0.39, 0.29) is 0 Å². The molecule has 1 saturated heterocycles. The number of nitrogens with zero attached hydrogens (tertiary/aromatic N) is 4. The first kappa shape index (κ1) is 19.0. The van der Waals surface area contributed by atoms with Gasteiger partial charge in [0, 0.05) is 28.7 Å². The number of hydrogen-bond donors (Lipinski definition) is 1. The van der Waals surface area contributed by atoms with Gasteiger partial charge in [0.25, 0.3) is 0 Å². The van der Waals surface area contributed by atoms with E-state index in [1.165, 1.54) is 17.8 Å². The summed E-state index contributed by atoms with van der Waals surface area (Å²) >= 11 is 8.06. The third-order valence-corrected chi connectivity index (χ3v) is 7.08. The van der Waals surface area contributed by atoms with Crippen LogP contribution in [0.5, 0.6) is 0 Å². The minimum atomic E-state index is 0.508.